The van der Waals surface area contributed by atoms with Crippen LogP contribution in [0.25, 0.3) is 5.76 Å². The lowest BCUT2D eigenvalue weighted by Crippen LogP contribution is -2.38. The summed E-state index contributed by atoms with van der Waals surface area (Å²) >= 11 is 0. The van der Waals surface area contributed by atoms with Crippen LogP contribution >= 0.6 is 0 Å². The molecule has 0 saturated carbocycles. The zero-order chi connectivity index (χ0) is 25.5. The van der Waals surface area contributed by atoms with E-state index < -0.39 is 17.7 Å². The first-order chi connectivity index (χ1) is 16.9. The molecule has 0 unspecified atom stereocenters. The number of amides is 1. The average molecular weight is 483 g/mol. The van der Waals surface area contributed by atoms with Gasteiger partial charge in [0.25, 0.3) is 11.7 Å². The smallest absolute Gasteiger partial charge is 0.295 e. The fourth-order valence-electron chi connectivity index (χ4n) is 4.38. The number of para-hydroxylation sites is 1. The average Bonchev–Trinajstić information content (AvgIpc) is 3.13. The number of methoxy groups -OCH3 is 2. The van der Waals surface area contributed by atoms with Crippen LogP contribution in [0.5, 0.6) is 17.2 Å². The van der Waals surface area contributed by atoms with Gasteiger partial charge < -0.3 is 29.1 Å². The minimum Gasteiger partial charge on any atom is -0.507 e. The number of ketones is 1. The van der Waals surface area contributed by atoms with Crippen LogP contribution in [0.1, 0.15) is 37.9 Å². The molecule has 3 rings (SSSR count). The van der Waals surface area contributed by atoms with Gasteiger partial charge in [-0.15, -0.1) is 0 Å². The molecule has 0 spiro atoms. The third-order valence-corrected chi connectivity index (χ3v) is 6.26. The molecule has 1 heterocycles. The van der Waals surface area contributed by atoms with Gasteiger partial charge in [0.15, 0.2) is 11.5 Å². The summed E-state index contributed by atoms with van der Waals surface area (Å²) in [5.74, 6) is -0.0978. The number of Topliss-reactive ketones (excluding diaryl/α,β-unsaturated/α-hetero) is 1. The summed E-state index contributed by atoms with van der Waals surface area (Å²) in [5.41, 5.74) is 1.01. The predicted octanol–water partition coefficient (Wildman–Crippen LogP) is 3.87. The molecule has 8 heteroatoms. The summed E-state index contributed by atoms with van der Waals surface area (Å²) in [6, 6.07) is 11.3. The molecule has 1 atom stereocenters. The molecule has 1 aliphatic heterocycles. The number of likely N-dealkylation sites (N-methyl/N-ethyl adjacent to an activating group) is 1. The molecule has 1 N–H and O–H groups in total. The highest BCUT2D eigenvalue weighted by atomic mass is 16.5. The molecular formula is C27H34N2O6. The van der Waals surface area contributed by atoms with Crippen molar-refractivity contribution in [3.05, 3.63) is 59.2 Å². The van der Waals surface area contributed by atoms with Gasteiger partial charge in [-0.05, 0) is 50.3 Å². The monoisotopic (exact) mass is 482 g/mol. The third-order valence-electron chi connectivity index (χ3n) is 6.26. The lowest BCUT2D eigenvalue weighted by atomic mass is 9.94. The van der Waals surface area contributed by atoms with Crippen LogP contribution in [0.15, 0.2) is 48.0 Å². The van der Waals surface area contributed by atoms with E-state index in [1.54, 1.807) is 42.5 Å². The first kappa shape index (κ1) is 26.1. The van der Waals surface area contributed by atoms with Crippen LogP contribution in [-0.4, -0.2) is 73.6 Å². The van der Waals surface area contributed by atoms with Crippen molar-refractivity contribution in [2.45, 2.75) is 26.8 Å². The molecule has 2 aromatic rings. The van der Waals surface area contributed by atoms with Crippen LogP contribution in [0.2, 0.25) is 0 Å². The second-order valence-electron chi connectivity index (χ2n) is 8.06. The molecule has 0 aromatic heterocycles. The van der Waals surface area contributed by atoms with Crippen molar-refractivity contribution in [2.24, 2.45) is 0 Å². The zero-order valence-electron chi connectivity index (χ0n) is 21.0. The SMILES string of the molecule is CCOc1ccc(C(O)=C2C(=O)C(=O)N(CCN(CC)CC)[C@@H]2c2cccc(OC)c2OC)cc1. The molecule has 35 heavy (non-hydrogen) atoms. The maximum absolute atomic E-state index is 13.3. The number of carbonyl (C=O) groups excluding carboxylic acids is 2. The van der Waals surface area contributed by atoms with E-state index in [1.165, 1.54) is 19.1 Å². The Hall–Kier alpha value is -3.52. The summed E-state index contributed by atoms with van der Waals surface area (Å²) in [5, 5.41) is 11.3. The number of rotatable bonds is 11. The van der Waals surface area contributed by atoms with E-state index >= 15 is 0 Å². The Kier molecular flexibility index (Phi) is 8.76. The Morgan fingerprint density at radius 3 is 2.26 bits per heavy atom. The number of benzene rings is 2. The summed E-state index contributed by atoms with van der Waals surface area (Å²) in [7, 11) is 3.04. The molecule has 0 radical (unpaired) electrons. The van der Waals surface area contributed by atoms with E-state index in [2.05, 4.69) is 4.90 Å². The largest absolute Gasteiger partial charge is 0.507 e. The standard InChI is InChI=1S/C27H34N2O6/c1-6-28(7-2)16-17-29-23(20-10-9-11-21(33-4)26(20)34-5)22(25(31)27(29)32)24(30)18-12-14-19(15-13-18)35-8-3/h9-15,23,30H,6-8,16-17H2,1-5H3/t23-/m1/s1. The maximum atomic E-state index is 13.3. The molecule has 2 aromatic carbocycles. The minimum atomic E-state index is -0.831. The lowest BCUT2D eigenvalue weighted by molar-refractivity contribution is -0.140. The first-order valence-corrected chi connectivity index (χ1v) is 11.9. The van der Waals surface area contributed by atoms with Gasteiger partial charge in [0, 0.05) is 24.2 Å². The highest BCUT2D eigenvalue weighted by Crippen LogP contribution is 2.45. The van der Waals surface area contributed by atoms with E-state index in [0.717, 1.165) is 13.1 Å². The topological polar surface area (TPSA) is 88.5 Å². The number of aliphatic hydroxyl groups is 1. The van der Waals surface area contributed by atoms with Crippen molar-refractivity contribution < 1.29 is 28.9 Å². The fraction of sp³-hybridized carbons (Fsp3) is 0.407. The van der Waals surface area contributed by atoms with Crippen molar-refractivity contribution >= 4 is 17.4 Å². The predicted molar refractivity (Wildman–Crippen MR) is 134 cm³/mol. The first-order valence-electron chi connectivity index (χ1n) is 11.9. The van der Waals surface area contributed by atoms with Crippen LogP contribution in [0.4, 0.5) is 0 Å². The molecule has 0 bridgehead atoms. The highest BCUT2D eigenvalue weighted by molar-refractivity contribution is 6.46. The van der Waals surface area contributed by atoms with Gasteiger partial charge in [0.1, 0.15) is 11.5 Å². The number of hydrogen-bond acceptors (Lipinski definition) is 7. The van der Waals surface area contributed by atoms with Crippen molar-refractivity contribution in [1.29, 1.82) is 0 Å². The number of nitrogens with zero attached hydrogens (tertiary/aromatic N) is 2. The Morgan fingerprint density at radius 2 is 1.69 bits per heavy atom. The number of hydrogen-bond donors (Lipinski definition) is 1. The van der Waals surface area contributed by atoms with Gasteiger partial charge in [-0.2, -0.15) is 0 Å². The van der Waals surface area contributed by atoms with Crippen LogP contribution < -0.4 is 14.2 Å². The summed E-state index contributed by atoms with van der Waals surface area (Å²) < 4.78 is 16.6. The number of carbonyl (C=O) groups is 2. The van der Waals surface area contributed by atoms with Crippen molar-refractivity contribution in [2.75, 3.05) is 47.0 Å². The van der Waals surface area contributed by atoms with Crippen LogP contribution in [-0.2, 0) is 9.59 Å². The normalized spacial score (nSPS) is 17.2. The highest BCUT2D eigenvalue weighted by Gasteiger charge is 2.47. The van der Waals surface area contributed by atoms with Gasteiger partial charge >= 0.3 is 0 Å². The summed E-state index contributed by atoms with van der Waals surface area (Å²) in [4.78, 5) is 30.2. The Morgan fingerprint density at radius 1 is 1.00 bits per heavy atom. The molecule has 1 aliphatic rings. The minimum absolute atomic E-state index is 0.0188. The Balaban J connectivity index is 2.16. The maximum Gasteiger partial charge on any atom is 0.295 e. The molecule has 1 fully saturated rings. The third kappa shape index (κ3) is 5.27. The molecular weight excluding hydrogens is 448 g/mol. The number of aliphatic hydroxyl groups excluding tert-OH is 1. The summed E-state index contributed by atoms with van der Waals surface area (Å²) in [6.45, 7) is 9.04. The fourth-order valence-corrected chi connectivity index (χ4v) is 4.38. The van der Waals surface area contributed by atoms with Gasteiger partial charge in [-0.25, -0.2) is 0 Å². The second-order valence-corrected chi connectivity index (χ2v) is 8.06. The Bertz CT molecular complexity index is 1080. The molecule has 0 aliphatic carbocycles. The number of ether oxygens (including phenoxy) is 3. The zero-order valence-corrected chi connectivity index (χ0v) is 21.0. The van der Waals surface area contributed by atoms with Gasteiger partial charge in [0.2, 0.25) is 0 Å². The molecule has 1 saturated heterocycles. The van der Waals surface area contributed by atoms with E-state index in [9.17, 15) is 14.7 Å². The van der Waals surface area contributed by atoms with E-state index in [-0.39, 0.29) is 11.3 Å². The lowest BCUT2D eigenvalue weighted by Gasteiger charge is -2.29. The van der Waals surface area contributed by atoms with E-state index in [0.29, 0.717) is 48.1 Å². The van der Waals surface area contributed by atoms with Crippen LogP contribution in [0, 0.1) is 0 Å². The number of likely N-dealkylation sites (tertiary alicyclic amines) is 1. The van der Waals surface area contributed by atoms with Gasteiger partial charge in [-0.1, -0.05) is 26.0 Å². The quantitative estimate of drug-likeness (QED) is 0.296. The van der Waals surface area contributed by atoms with Gasteiger partial charge in [-0.3, -0.25) is 9.59 Å². The van der Waals surface area contributed by atoms with E-state index in [1.807, 2.05) is 20.8 Å². The van der Waals surface area contributed by atoms with E-state index in [4.69, 9.17) is 14.2 Å². The van der Waals surface area contributed by atoms with Crippen molar-refractivity contribution in [3.63, 3.8) is 0 Å². The van der Waals surface area contributed by atoms with Crippen molar-refractivity contribution in [1.82, 2.24) is 9.80 Å². The van der Waals surface area contributed by atoms with Crippen LogP contribution in [0.3, 0.4) is 0 Å². The molecule has 8 nitrogen and oxygen atoms in total. The second kappa shape index (κ2) is 11.8. The Labute approximate surface area is 206 Å². The molecule has 188 valence electrons. The van der Waals surface area contributed by atoms with Crippen molar-refractivity contribution in [3.8, 4) is 17.2 Å². The van der Waals surface area contributed by atoms with Gasteiger partial charge in [0.05, 0.1) is 32.4 Å². The summed E-state index contributed by atoms with van der Waals surface area (Å²) in [6.07, 6.45) is 0. The molecule has 1 amide bonds.